The predicted octanol–water partition coefficient (Wildman–Crippen LogP) is 7.50. The van der Waals surface area contributed by atoms with Crippen LogP contribution in [-0.2, 0) is 16.0 Å². The van der Waals surface area contributed by atoms with Crippen molar-refractivity contribution in [2.45, 2.75) is 33.1 Å². The van der Waals surface area contributed by atoms with Gasteiger partial charge in [-0.25, -0.2) is 4.79 Å². The SMILES string of the molecule is CCOc1ccc(C(=O)CCC(=O)Nc2cc(-c3ccccc3)c(Cc3ccc(/C=C/C(=O)O)cc3)s2)cc1OCC. The third kappa shape index (κ3) is 8.41. The molecule has 0 unspecified atom stereocenters. The Bertz CT molecular complexity index is 1560. The lowest BCUT2D eigenvalue weighted by Gasteiger charge is -2.12. The second kappa shape index (κ2) is 14.8. The Morgan fingerprint density at radius 1 is 0.857 bits per heavy atom. The Labute approximate surface area is 249 Å². The number of anilines is 1. The Morgan fingerprint density at radius 3 is 2.26 bits per heavy atom. The fourth-order valence-electron chi connectivity index (χ4n) is 4.38. The summed E-state index contributed by atoms with van der Waals surface area (Å²) < 4.78 is 11.2. The van der Waals surface area contributed by atoms with E-state index in [1.54, 1.807) is 24.3 Å². The van der Waals surface area contributed by atoms with Crippen LogP contribution in [-0.4, -0.2) is 36.0 Å². The van der Waals surface area contributed by atoms with Gasteiger partial charge in [0.05, 0.1) is 18.2 Å². The molecule has 216 valence electrons. The van der Waals surface area contributed by atoms with E-state index in [-0.39, 0.29) is 24.5 Å². The van der Waals surface area contributed by atoms with Gasteiger partial charge >= 0.3 is 5.97 Å². The summed E-state index contributed by atoms with van der Waals surface area (Å²) in [6, 6.07) is 24.7. The molecule has 2 N–H and O–H groups in total. The van der Waals surface area contributed by atoms with E-state index in [2.05, 4.69) is 5.32 Å². The fourth-order valence-corrected chi connectivity index (χ4v) is 5.51. The Morgan fingerprint density at radius 2 is 1.57 bits per heavy atom. The van der Waals surface area contributed by atoms with E-state index in [0.29, 0.717) is 41.7 Å². The second-order valence-corrected chi connectivity index (χ2v) is 10.5. The normalized spacial score (nSPS) is 10.9. The average Bonchev–Trinajstić information content (AvgIpc) is 3.38. The van der Waals surface area contributed by atoms with Crippen LogP contribution < -0.4 is 14.8 Å². The smallest absolute Gasteiger partial charge is 0.328 e. The number of ketones is 1. The topological polar surface area (TPSA) is 102 Å². The van der Waals surface area contributed by atoms with Gasteiger partial charge in [-0.15, -0.1) is 11.3 Å². The van der Waals surface area contributed by atoms with Crippen molar-refractivity contribution in [2.75, 3.05) is 18.5 Å². The highest BCUT2D eigenvalue weighted by Crippen LogP contribution is 2.36. The molecule has 8 heteroatoms. The number of benzene rings is 3. The summed E-state index contributed by atoms with van der Waals surface area (Å²) in [4.78, 5) is 37.6. The molecule has 4 rings (SSSR count). The first-order valence-electron chi connectivity index (χ1n) is 13.8. The van der Waals surface area contributed by atoms with Gasteiger partial charge in [-0.1, -0.05) is 54.6 Å². The number of aliphatic carboxylic acids is 1. The molecule has 3 aromatic carbocycles. The number of rotatable bonds is 14. The lowest BCUT2D eigenvalue weighted by molar-refractivity contribution is -0.131. The van der Waals surface area contributed by atoms with Gasteiger partial charge in [0.15, 0.2) is 17.3 Å². The Kier molecular flexibility index (Phi) is 10.7. The highest BCUT2D eigenvalue weighted by molar-refractivity contribution is 7.16. The van der Waals surface area contributed by atoms with Crippen LogP contribution in [0.25, 0.3) is 17.2 Å². The quantitative estimate of drug-likeness (QED) is 0.118. The maximum atomic E-state index is 12.9. The van der Waals surface area contributed by atoms with Crippen molar-refractivity contribution >= 4 is 40.1 Å². The molecule has 0 radical (unpaired) electrons. The number of carboxylic acids is 1. The van der Waals surface area contributed by atoms with Gasteiger partial charge in [-0.05, 0) is 66.4 Å². The number of carbonyl (C=O) groups is 3. The molecular weight excluding hydrogens is 550 g/mol. The Balaban J connectivity index is 1.44. The molecule has 0 fully saturated rings. The number of Topliss-reactive ketones (excluding diaryl/α,β-unsaturated/α-hetero) is 1. The van der Waals surface area contributed by atoms with Crippen molar-refractivity contribution in [2.24, 2.45) is 0 Å². The van der Waals surface area contributed by atoms with E-state index in [9.17, 15) is 14.4 Å². The highest BCUT2D eigenvalue weighted by Gasteiger charge is 2.16. The summed E-state index contributed by atoms with van der Waals surface area (Å²) >= 11 is 1.50. The molecule has 42 heavy (non-hydrogen) atoms. The lowest BCUT2D eigenvalue weighted by atomic mass is 10.0. The Hall–Kier alpha value is -4.69. The van der Waals surface area contributed by atoms with Crippen molar-refractivity contribution in [1.82, 2.24) is 0 Å². The molecule has 7 nitrogen and oxygen atoms in total. The molecule has 1 amide bonds. The van der Waals surface area contributed by atoms with Crippen molar-refractivity contribution in [3.63, 3.8) is 0 Å². The van der Waals surface area contributed by atoms with E-state index in [1.165, 1.54) is 11.3 Å². The highest BCUT2D eigenvalue weighted by atomic mass is 32.1. The van der Waals surface area contributed by atoms with E-state index in [1.807, 2.05) is 74.5 Å². The minimum absolute atomic E-state index is 0.0508. The summed E-state index contributed by atoms with van der Waals surface area (Å²) in [7, 11) is 0. The molecule has 0 spiro atoms. The second-order valence-electron chi connectivity index (χ2n) is 9.40. The first-order chi connectivity index (χ1) is 20.4. The van der Waals surface area contributed by atoms with E-state index < -0.39 is 5.97 Å². The number of carboxylic acid groups (broad SMARTS) is 1. The van der Waals surface area contributed by atoms with Crippen LogP contribution >= 0.6 is 11.3 Å². The van der Waals surface area contributed by atoms with Gasteiger partial charge < -0.3 is 19.9 Å². The number of thiophene rings is 1. The van der Waals surface area contributed by atoms with Gasteiger partial charge in [-0.3, -0.25) is 9.59 Å². The number of carbonyl (C=O) groups excluding carboxylic acids is 2. The van der Waals surface area contributed by atoms with Crippen LogP contribution in [0.2, 0.25) is 0 Å². The molecule has 0 saturated carbocycles. The van der Waals surface area contributed by atoms with Crippen LogP contribution in [0.3, 0.4) is 0 Å². The molecule has 4 aromatic rings. The zero-order valence-corrected chi connectivity index (χ0v) is 24.4. The molecule has 0 aliphatic heterocycles. The monoisotopic (exact) mass is 583 g/mol. The van der Waals surface area contributed by atoms with Gasteiger partial charge in [0.2, 0.25) is 5.91 Å². The van der Waals surface area contributed by atoms with Crippen molar-refractivity contribution in [1.29, 1.82) is 0 Å². The molecule has 0 saturated heterocycles. The summed E-state index contributed by atoms with van der Waals surface area (Å²) in [6.07, 6.45) is 3.43. The van der Waals surface area contributed by atoms with Crippen LogP contribution in [0.4, 0.5) is 5.00 Å². The lowest BCUT2D eigenvalue weighted by Crippen LogP contribution is -2.13. The zero-order valence-electron chi connectivity index (χ0n) is 23.6. The van der Waals surface area contributed by atoms with Crippen molar-refractivity contribution in [3.05, 3.63) is 107 Å². The van der Waals surface area contributed by atoms with Gasteiger partial charge in [0.1, 0.15) is 0 Å². The number of hydrogen-bond donors (Lipinski definition) is 2. The van der Waals surface area contributed by atoms with E-state index >= 15 is 0 Å². The predicted molar refractivity (Wildman–Crippen MR) is 167 cm³/mol. The average molecular weight is 584 g/mol. The minimum Gasteiger partial charge on any atom is -0.490 e. The van der Waals surface area contributed by atoms with Gasteiger partial charge in [0.25, 0.3) is 0 Å². The van der Waals surface area contributed by atoms with Crippen molar-refractivity contribution < 1.29 is 29.0 Å². The van der Waals surface area contributed by atoms with Crippen molar-refractivity contribution in [3.8, 4) is 22.6 Å². The van der Waals surface area contributed by atoms with E-state index in [0.717, 1.165) is 33.2 Å². The van der Waals surface area contributed by atoms with Crippen LogP contribution in [0, 0.1) is 0 Å². The molecule has 1 heterocycles. The van der Waals surface area contributed by atoms with Crippen LogP contribution in [0.1, 0.15) is 53.1 Å². The molecule has 0 bridgehead atoms. The van der Waals surface area contributed by atoms with Crippen LogP contribution in [0.15, 0.2) is 84.9 Å². The minimum atomic E-state index is -0.990. The standard InChI is InChI=1S/C34H33NO6S/c1-3-40-29-17-15-26(21-30(29)41-4-2)28(36)16-18-32(37)35-33-22-27(25-8-6-5-7-9-25)31(42-33)20-24-12-10-23(11-13-24)14-19-34(38)39/h5-15,17,19,21-22H,3-4,16,18,20H2,1-2H3,(H,35,37)(H,38,39)/b19-14+. The molecule has 0 aliphatic carbocycles. The molecular formula is C34H33NO6S. The largest absolute Gasteiger partial charge is 0.490 e. The maximum absolute atomic E-state index is 12.9. The van der Waals surface area contributed by atoms with Gasteiger partial charge in [-0.2, -0.15) is 0 Å². The van der Waals surface area contributed by atoms with Gasteiger partial charge in [0, 0.05) is 35.8 Å². The maximum Gasteiger partial charge on any atom is 0.328 e. The summed E-state index contributed by atoms with van der Waals surface area (Å²) in [5.74, 6) is -0.271. The third-order valence-corrected chi connectivity index (χ3v) is 7.41. The molecule has 0 aliphatic rings. The molecule has 1 aromatic heterocycles. The summed E-state index contributed by atoms with van der Waals surface area (Å²) in [5.41, 5.74) is 4.41. The number of nitrogens with one attached hydrogen (secondary N) is 1. The summed E-state index contributed by atoms with van der Waals surface area (Å²) in [6.45, 7) is 4.69. The third-order valence-electron chi connectivity index (χ3n) is 6.36. The fraction of sp³-hybridized carbons (Fsp3) is 0.206. The van der Waals surface area contributed by atoms with Crippen LogP contribution in [0.5, 0.6) is 11.5 Å². The summed E-state index contributed by atoms with van der Waals surface area (Å²) in [5, 5.41) is 12.5. The number of amides is 1. The number of ether oxygens (including phenoxy) is 2. The number of hydrogen-bond acceptors (Lipinski definition) is 6. The van der Waals surface area contributed by atoms with E-state index in [4.69, 9.17) is 14.6 Å². The first-order valence-corrected chi connectivity index (χ1v) is 14.6. The first kappa shape index (κ1) is 30.3. The molecule has 0 atom stereocenters. The zero-order chi connectivity index (χ0) is 29.9.